The minimum absolute atomic E-state index is 0.450. The standard InChI is InChI=1S/C11H12N2O/c14-11(6-9-7-12-13-8-9)10-4-2-1-3-5-10/h1-5,7-8,11,14H,6H2,(H,12,13). The highest BCUT2D eigenvalue weighted by atomic mass is 16.3. The third-order valence-electron chi connectivity index (χ3n) is 2.17. The number of benzene rings is 1. The summed E-state index contributed by atoms with van der Waals surface area (Å²) in [6, 6.07) is 9.63. The van der Waals surface area contributed by atoms with Crippen molar-refractivity contribution >= 4 is 0 Å². The molecule has 2 N–H and O–H groups in total. The van der Waals surface area contributed by atoms with E-state index in [4.69, 9.17) is 0 Å². The Morgan fingerprint density at radius 2 is 2.07 bits per heavy atom. The molecule has 1 atom stereocenters. The van der Waals surface area contributed by atoms with Crippen molar-refractivity contribution in [2.45, 2.75) is 12.5 Å². The average Bonchev–Trinajstić information content (AvgIpc) is 2.72. The third kappa shape index (κ3) is 2.00. The quantitative estimate of drug-likeness (QED) is 0.770. The predicted octanol–water partition coefficient (Wildman–Crippen LogP) is 1.69. The van der Waals surface area contributed by atoms with Crippen molar-refractivity contribution in [1.82, 2.24) is 10.2 Å². The SMILES string of the molecule is OC(Cc1cn[nH]c1)c1ccccc1. The van der Waals surface area contributed by atoms with E-state index in [0.717, 1.165) is 11.1 Å². The van der Waals surface area contributed by atoms with Crippen LogP contribution in [-0.4, -0.2) is 15.3 Å². The zero-order valence-electron chi connectivity index (χ0n) is 7.72. The van der Waals surface area contributed by atoms with Gasteiger partial charge in [0.15, 0.2) is 0 Å². The molecule has 0 saturated carbocycles. The van der Waals surface area contributed by atoms with E-state index in [1.807, 2.05) is 30.3 Å². The summed E-state index contributed by atoms with van der Waals surface area (Å²) in [5.74, 6) is 0. The second-order valence-electron chi connectivity index (χ2n) is 3.24. The molecule has 0 radical (unpaired) electrons. The summed E-state index contributed by atoms with van der Waals surface area (Å²) in [4.78, 5) is 0. The van der Waals surface area contributed by atoms with Gasteiger partial charge in [-0.15, -0.1) is 0 Å². The van der Waals surface area contributed by atoms with Gasteiger partial charge in [0.25, 0.3) is 0 Å². The molecule has 2 aromatic rings. The van der Waals surface area contributed by atoms with E-state index in [9.17, 15) is 5.11 Å². The molecule has 0 amide bonds. The van der Waals surface area contributed by atoms with Crippen molar-refractivity contribution in [2.24, 2.45) is 0 Å². The molecule has 3 heteroatoms. The number of nitrogens with zero attached hydrogens (tertiary/aromatic N) is 1. The highest BCUT2D eigenvalue weighted by molar-refractivity contribution is 5.19. The fourth-order valence-electron chi connectivity index (χ4n) is 1.41. The van der Waals surface area contributed by atoms with Crippen LogP contribution in [0.15, 0.2) is 42.7 Å². The van der Waals surface area contributed by atoms with Gasteiger partial charge >= 0.3 is 0 Å². The van der Waals surface area contributed by atoms with Crippen LogP contribution in [0.25, 0.3) is 0 Å². The molecule has 1 aromatic carbocycles. The van der Waals surface area contributed by atoms with Gasteiger partial charge in [0.05, 0.1) is 12.3 Å². The molecule has 72 valence electrons. The van der Waals surface area contributed by atoms with E-state index in [1.165, 1.54) is 0 Å². The van der Waals surface area contributed by atoms with Gasteiger partial charge in [-0.3, -0.25) is 5.10 Å². The normalized spacial score (nSPS) is 12.6. The molecule has 1 unspecified atom stereocenters. The smallest absolute Gasteiger partial charge is 0.0831 e. The van der Waals surface area contributed by atoms with E-state index in [2.05, 4.69) is 10.2 Å². The maximum atomic E-state index is 9.85. The number of hydrogen-bond acceptors (Lipinski definition) is 2. The minimum Gasteiger partial charge on any atom is -0.388 e. The van der Waals surface area contributed by atoms with Crippen molar-refractivity contribution in [1.29, 1.82) is 0 Å². The summed E-state index contributed by atoms with van der Waals surface area (Å²) in [7, 11) is 0. The Hall–Kier alpha value is -1.61. The van der Waals surface area contributed by atoms with Crippen LogP contribution in [-0.2, 0) is 6.42 Å². The van der Waals surface area contributed by atoms with Crippen molar-refractivity contribution in [3.63, 3.8) is 0 Å². The van der Waals surface area contributed by atoms with Crippen LogP contribution in [0, 0.1) is 0 Å². The third-order valence-corrected chi connectivity index (χ3v) is 2.17. The minimum atomic E-state index is -0.450. The maximum absolute atomic E-state index is 9.85. The molecule has 1 aromatic heterocycles. The highest BCUT2D eigenvalue weighted by Gasteiger charge is 2.07. The number of nitrogens with one attached hydrogen (secondary N) is 1. The molecule has 0 aliphatic carbocycles. The lowest BCUT2D eigenvalue weighted by Crippen LogP contribution is -2.00. The Bertz CT molecular complexity index is 369. The van der Waals surface area contributed by atoms with Crippen molar-refractivity contribution in [3.05, 3.63) is 53.9 Å². The summed E-state index contributed by atoms with van der Waals surface area (Å²) < 4.78 is 0. The van der Waals surface area contributed by atoms with Crippen molar-refractivity contribution in [2.75, 3.05) is 0 Å². The van der Waals surface area contributed by atoms with Crippen LogP contribution in [0.1, 0.15) is 17.2 Å². The Morgan fingerprint density at radius 1 is 1.29 bits per heavy atom. The number of aromatic nitrogens is 2. The van der Waals surface area contributed by atoms with Crippen LogP contribution in [0.4, 0.5) is 0 Å². The monoisotopic (exact) mass is 188 g/mol. The molecule has 0 aliphatic rings. The number of hydrogen-bond donors (Lipinski definition) is 2. The number of aliphatic hydroxyl groups excluding tert-OH is 1. The van der Waals surface area contributed by atoms with Crippen LogP contribution >= 0.6 is 0 Å². The van der Waals surface area contributed by atoms with Gasteiger partial charge in [-0.05, 0) is 11.1 Å². The first-order valence-corrected chi connectivity index (χ1v) is 4.57. The predicted molar refractivity (Wildman–Crippen MR) is 53.7 cm³/mol. The molecule has 14 heavy (non-hydrogen) atoms. The summed E-state index contributed by atoms with van der Waals surface area (Å²) >= 11 is 0. The van der Waals surface area contributed by atoms with E-state index >= 15 is 0 Å². The molecule has 2 rings (SSSR count). The molecule has 0 spiro atoms. The Labute approximate surface area is 82.4 Å². The van der Waals surface area contributed by atoms with Crippen LogP contribution in [0.3, 0.4) is 0 Å². The summed E-state index contributed by atoms with van der Waals surface area (Å²) in [6.07, 6.45) is 3.67. The summed E-state index contributed by atoms with van der Waals surface area (Å²) in [5.41, 5.74) is 1.95. The van der Waals surface area contributed by atoms with Gasteiger partial charge in [0.1, 0.15) is 0 Å². The van der Waals surface area contributed by atoms with Gasteiger partial charge in [-0.1, -0.05) is 30.3 Å². The summed E-state index contributed by atoms with van der Waals surface area (Å²) in [5, 5.41) is 16.4. The Morgan fingerprint density at radius 3 is 2.71 bits per heavy atom. The van der Waals surface area contributed by atoms with E-state index in [0.29, 0.717) is 6.42 Å². The second kappa shape index (κ2) is 4.07. The summed E-state index contributed by atoms with van der Waals surface area (Å²) in [6.45, 7) is 0. The first-order chi connectivity index (χ1) is 6.86. The van der Waals surface area contributed by atoms with Crippen LogP contribution in [0.2, 0.25) is 0 Å². The van der Waals surface area contributed by atoms with Gasteiger partial charge in [-0.2, -0.15) is 5.10 Å². The first-order valence-electron chi connectivity index (χ1n) is 4.57. The molecule has 3 nitrogen and oxygen atoms in total. The van der Waals surface area contributed by atoms with E-state index < -0.39 is 6.10 Å². The number of rotatable bonds is 3. The molecule has 0 aliphatic heterocycles. The Kier molecular flexibility index (Phi) is 2.60. The zero-order chi connectivity index (χ0) is 9.80. The van der Waals surface area contributed by atoms with Gasteiger partial charge in [0.2, 0.25) is 0 Å². The number of H-pyrrole nitrogens is 1. The lowest BCUT2D eigenvalue weighted by Gasteiger charge is -2.08. The van der Waals surface area contributed by atoms with Crippen molar-refractivity contribution < 1.29 is 5.11 Å². The average molecular weight is 188 g/mol. The maximum Gasteiger partial charge on any atom is 0.0831 e. The van der Waals surface area contributed by atoms with Gasteiger partial charge in [0, 0.05) is 12.6 Å². The van der Waals surface area contributed by atoms with E-state index in [-0.39, 0.29) is 0 Å². The fraction of sp³-hybridized carbons (Fsp3) is 0.182. The second-order valence-corrected chi connectivity index (χ2v) is 3.24. The largest absolute Gasteiger partial charge is 0.388 e. The molecular formula is C11H12N2O. The highest BCUT2D eigenvalue weighted by Crippen LogP contribution is 2.16. The molecule has 0 saturated heterocycles. The molecule has 0 bridgehead atoms. The fourth-order valence-corrected chi connectivity index (χ4v) is 1.41. The molecule has 1 heterocycles. The number of aliphatic hydroxyl groups is 1. The van der Waals surface area contributed by atoms with Crippen LogP contribution < -0.4 is 0 Å². The van der Waals surface area contributed by atoms with Crippen molar-refractivity contribution in [3.8, 4) is 0 Å². The topological polar surface area (TPSA) is 48.9 Å². The zero-order valence-corrected chi connectivity index (χ0v) is 7.72. The van der Waals surface area contributed by atoms with Gasteiger partial charge in [-0.25, -0.2) is 0 Å². The van der Waals surface area contributed by atoms with Gasteiger partial charge < -0.3 is 5.11 Å². The van der Waals surface area contributed by atoms with E-state index in [1.54, 1.807) is 12.4 Å². The lowest BCUT2D eigenvalue weighted by molar-refractivity contribution is 0.178. The first kappa shape index (κ1) is 8.97. The molecule has 0 fully saturated rings. The molecular weight excluding hydrogens is 176 g/mol. The lowest BCUT2D eigenvalue weighted by atomic mass is 10.0. The number of aromatic amines is 1. The van der Waals surface area contributed by atoms with Crippen LogP contribution in [0.5, 0.6) is 0 Å². The Balaban J connectivity index is 2.07.